The first-order valence-electron chi connectivity index (χ1n) is 4.26. The van der Waals surface area contributed by atoms with Gasteiger partial charge in [0.05, 0.1) is 5.92 Å². The lowest BCUT2D eigenvalue weighted by molar-refractivity contribution is -0.202. The molecule has 0 rings (SSSR count). The summed E-state index contributed by atoms with van der Waals surface area (Å²) in [6.07, 6.45) is -3.23. The molecule has 0 aliphatic carbocycles. The van der Waals surface area contributed by atoms with E-state index in [4.69, 9.17) is 0 Å². The minimum atomic E-state index is -4.05. The Hall–Kier alpha value is -0.210. The summed E-state index contributed by atoms with van der Waals surface area (Å²) in [6, 6.07) is 0. The Kier molecular flexibility index (Phi) is 3.60. The van der Waals surface area contributed by atoms with Crippen LogP contribution in [0.4, 0.5) is 13.2 Å². The van der Waals surface area contributed by atoms with Crippen LogP contribution in [0.3, 0.4) is 0 Å². The van der Waals surface area contributed by atoms with Gasteiger partial charge in [-0.25, -0.2) is 0 Å². The summed E-state index contributed by atoms with van der Waals surface area (Å²) in [4.78, 5) is 0. The van der Waals surface area contributed by atoms with E-state index in [1.54, 1.807) is 27.7 Å². The topological polar surface area (TPSA) is 0 Å². The van der Waals surface area contributed by atoms with E-state index >= 15 is 0 Å². The van der Waals surface area contributed by atoms with Gasteiger partial charge < -0.3 is 0 Å². The third kappa shape index (κ3) is 3.46. The van der Waals surface area contributed by atoms with Gasteiger partial charge >= 0.3 is 6.18 Å². The number of halogens is 3. The molecule has 0 fully saturated rings. The fourth-order valence-corrected chi connectivity index (χ4v) is 1.38. The maximum absolute atomic E-state index is 12.4. The molecule has 0 bridgehead atoms. The highest BCUT2D eigenvalue weighted by molar-refractivity contribution is 4.79. The van der Waals surface area contributed by atoms with Gasteiger partial charge in [-0.3, -0.25) is 0 Å². The zero-order valence-corrected chi connectivity index (χ0v) is 8.13. The predicted octanol–water partition coefficient (Wildman–Crippen LogP) is 4.01. The molecule has 74 valence electrons. The molecule has 3 heteroatoms. The van der Waals surface area contributed by atoms with Gasteiger partial charge in [0.25, 0.3) is 0 Å². The number of alkyl halides is 3. The maximum atomic E-state index is 12.4. The lowest BCUT2D eigenvalue weighted by Gasteiger charge is -2.32. The van der Waals surface area contributed by atoms with E-state index in [0.29, 0.717) is 6.42 Å². The first kappa shape index (κ1) is 11.8. The van der Waals surface area contributed by atoms with E-state index in [2.05, 4.69) is 0 Å². The van der Waals surface area contributed by atoms with E-state index in [0.717, 1.165) is 0 Å². The second-order valence-corrected chi connectivity index (χ2v) is 4.25. The van der Waals surface area contributed by atoms with Crippen LogP contribution in [0.15, 0.2) is 0 Å². The number of hydrogen-bond donors (Lipinski definition) is 0. The summed E-state index contributed by atoms with van der Waals surface area (Å²) in [7, 11) is 0. The van der Waals surface area contributed by atoms with Crippen molar-refractivity contribution in [3.8, 4) is 0 Å². The van der Waals surface area contributed by atoms with Crippen molar-refractivity contribution in [2.75, 3.05) is 0 Å². The average Bonchev–Trinajstić information content (AvgIpc) is 1.77. The van der Waals surface area contributed by atoms with Crippen molar-refractivity contribution >= 4 is 0 Å². The molecule has 0 aromatic carbocycles. The number of hydrogen-bond acceptors (Lipinski definition) is 0. The lowest BCUT2D eigenvalue weighted by Crippen LogP contribution is -2.34. The van der Waals surface area contributed by atoms with Crippen molar-refractivity contribution in [1.82, 2.24) is 0 Å². The summed E-state index contributed by atoms with van der Waals surface area (Å²) >= 11 is 0. The zero-order valence-electron chi connectivity index (χ0n) is 8.13. The van der Waals surface area contributed by atoms with Crippen LogP contribution in [-0.2, 0) is 0 Å². The monoisotopic (exact) mass is 182 g/mol. The molecule has 0 radical (unpaired) electrons. The SMILES string of the molecule is CCCC(C(C)(C)C)C(F)(F)F. The average molecular weight is 182 g/mol. The summed E-state index contributed by atoms with van der Waals surface area (Å²) < 4.78 is 37.2. The minimum absolute atomic E-state index is 0.229. The van der Waals surface area contributed by atoms with E-state index in [9.17, 15) is 13.2 Å². The highest BCUT2D eigenvalue weighted by Gasteiger charge is 2.45. The van der Waals surface area contributed by atoms with Crippen LogP contribution in [-0.4, -0.2) is 6.18 Å². The Morgan fingerprint density at radius 1 is 1.08 bits per heavy atom. The highest BCUT2D eigenvalue weighted by Crippen LogP contribution is 2.42. The van der Waals surface area contributed by atoms with Gasteiger partial charge in [-0.15, -0.1) is 0 Å². The standard InChI is InChI=1S/C9H17F3/c1-5-6-7(8(2,3)4)9(10,11)12/h7H,5-6H2,1-4H3. The molecular weight excluding hydrogens is 165 g/mol. The van der Waals surface area contributed by atoms with Gasteiger partial charge in [0.2, 0.25) is 0 Å². The normalized spacial score (nSPS) is 16.2. The Balaban J connectivity index is 4.45. The molecule has 0 aliphatic heterocycles. The molecule has 0 amide bonds. The second-order valence-electron chi connectivity index (χ2n) is 4.25. The molecule has 0 nitrogen and oxygen atoms in total. The summed E-state index contributed by atoms with van der Waals surface area (Å²) in [5, 5.41) is 0. The van der Waals surface area contributed by atoms with E-state index in [-0.39, 0.29) is 6.42 Å². The van der Waals surface area contributed by atoms with Crippen molar-refractivity contribution in [2.45, 2.75) is 46.7 Å². The predicted molar refractivity (Wildman–Crippen MR) is 43.9 cm³/mol. The van der Waals surface area contributed by atoms with Crippen LogP contribution in [0, 0.1) is 11.3 Å². The van der Waals surface area contributed by atoms with Gasteiger partial charge in [-0.05, 0) is 11.8 Å². The highest BCUT2D eigenvalue weighted by atomic mass is 19.4. The van der Waals surface area contributed by atoms with E-state index in [1.165, 1.54) is 0 Å². The van der Waals surface area contributed by atoms with Crippen LogP contribution in [0.2, 0.25) is 0 Å². The molecule has 0 N–H and O–H groups in total. The zero-order chi connectivity index (χ0) is 9.99. The second kappa shape index (κ2) is 3.67. The maximum Gasteiger partial charge on any atom is 0.392 e. The number of rotatable bonds is 2. The Bertz CT molecular complexity index is 116. The molecule has 0 spiro atoms. The molecule has 1 unspecified atom stereocenters. The largest absolute Gasteiger partial charge is 0.392 e. The van der Waals surface area contributed by atoms with Crippen molar-refractivity contribution in [3.63, 3.8) is 0 Å². The molecule has 0 saturated heterocycles. The molecular formula is C9H17F3. The van der Waals surface area contributed by atoms with E-state index < -0.39 is 17.5 Å². The Morgan fingerprint density at radius 2 is 1.50 bits per heavy atom. The van der Waals surface area contributed by atoms with Crippen molar-refractivity contribution < 1.29 is 13.2 Å². The summed E-state index contributed by atoms with van der Waals surface area (Å²) in [6.45, 7) is 6.70. The Labute approximate surface area is 72.2 Å². The van der Waals surface area contributed by atoms with Crippen LogP contribution in [0.5, 0.6) is 0 Å². The van der Waals surface area contributed by atoms with Crippen molar-refractivity contribution in [1.29, 1.82) is 0 Å². The van der Waals surface area contributed by atoms with Crippen LogP contribution >= 0.6 is 0 Å². The van der Waals surface area contributed by atoms with Gasteiger partial charge in [0.1, 0.15) is 0 Å². The molecule has 12 heavy (non-hydrogen) atoms. The van der Waals surface area contributed by atoms with E-state index in [1.807, 2.05) is 0 Å². The smallest absolute Gasteiger partial charge is 0.171 e. The van der Waals surface area contributed by atoms with Crippen LogP contribution < -0.4 is 0 Å². The first-order valence-corrected chi connectivity index (χ1v) is 4.26. The fourth-order valence-electron chi connectivity index (χ4n) is 1.38. The van der Waals surface area contributed by atoms with Gasteiger partial charge in [0, 0.05) is 0 Å². The Morgan fingerprint density at radius 3 is 1.58 bits per heavy atom. The third-order valence-electron chi connectivity index (χ3n) is 2.02. The lowest BCUT2D eigenvalue weighted by atomic mass is 9.78. The summed E-state index contributed by atoms with van der Waals surface area (Å²) in [5.74, 6) is -1.17. The fraction of sp³-hybridized carbons (Fsp3) is 1.00. The summed E-state index contributed by atoms with van der Waals surface area (Å²) in [5.41, 5.74) is -0.672. The molecule has 0 aliphatic rings. The molecule has 0 saturated carbocycles. The molecule has 0 aromatic rings. The van der Waals surface area contributed by atoms with Crippen LogP contribution in [0.25, 0.3) is 0 Å². The third-order valence-corrected chi connectivity index (χ3v) is 2.02. The molecule has 0 aromatic heterocycles. The minimum Gasteiger partial charge on any atom is -0.171 e. The van der Waals surface area contributed by atoms with Gasteiger partial charge in [0.15, 0.2) is 0 Å². The van der Waals surface area contributed by atoms with Crippen LogP contribution in [0.1, 0.15) is 40.5 Å². The first-order chi connectivity index (χ1) is 5.19. The quantitative estimate of drug-likeness (QED) is 0.605. The van der Waals surface area contributed by atoms with Crippen molar-refractivity contribution in [3.05, 3.63) is 0 Å². The molecule has 0 heterocycles. The van der Waals surface area contributed by atoms with Gasteiger partial charge in [-0.1, -0.05) is 34.1 Å². The van der Waals surface area contributed by atoms with Crippen molar-refractivity contribution in [2.24, 2.45) is 11.3 Å². The molecule has 1 atom stereocenters. The van der Waals surface area contributed by atoms with Gasteiger partial charge in [-0.2, -0.15) is 13.2 Å².